The normalized spacial score (nSPS) is 10.7. The van der Waals surface area contributed by atoms with Gasteiger partial charge < -0.3 is 10.2 Å². The third-order valence-corrected chi connectivity index (χ3v) is 4.96. The molecule has 0 aliphatic carbocycles. The number of hydrogen-bond acceptors (Lipinski definition) is 4. The first kappa shape index (κ1) is 20.7. The Morgan fingerprint density at radius 1 is 1.14 bits per heavy atom. The number of halogens is 1. The zero-order chi connectivity index (χ0) is 21.0. The minimum Gasteiger partial charge on any atom is -0.352 e. The van der Waals surface area contributed by atoms with Crippen molar-refractivity contribution in [3.63, 3.8) is 0 Å². The van der Waals surface area contributed by atoms with Crippen molar-refractivity contribution in [2.24, 2.45) is 0 Å². The first-order chi connectivity index (χ1) is 13.8. The van der Waals surface area contributed by atoms with Gasteiger partial charge in [0.15, 0.2) is 0 Å². The fourth-order valence-electron chi connectivity index (χ4n) is 2.82. The Bertz CT molecular complexity index is 1110. The first-order valence-electron chi connectivity index (χ1n) is 9.07. The molecule has 0 saturated heterocycles. The summed E-state index contributed by atoms with van der Waals surface area (Å²) in [5.74, 6) is -0.235. The summed E-state index contributed by atoms with van der Waals surface area (Å²) in [5.41, 5.74) is 1.93. The lowest BCUT2D eigenvalue weighted by Crippen LogP contribution is -2.27. The third kappa shape index (κ3) is 5.08. The summed E-state index contributed by atoms with van der Waals surface area (Å²) in [4.78, 5) is 42.4. The number of carbonyl (C=O) groups is 2. The monoisotopic (exact) mass is 456 g/mol. The van der Waals surface area contributed by atoms with Crippen molar-refractivity contribution in [1.29, 1.82) is 0 Å². The van der Waals surface area contributed by atoms with Crippen molar-refractivity contribution in [2.45, 2.75) is 19.5 Å². The third-order valence-electron chi connectivity index (χ3n) is 4.46. The minimum atomic E-state index is -0.176. The van der Waals surface area contributed by atoms with E-state index in [1.54, 1.807) is 38.4 Å². The molecular weight excluding hydrogens is 436 g/mol. The maximum atomic E-state index is 12.5. The van der Waals surface area contributed by atoms with Gasteiger partial charge in [-0.3, -0.25) is 19.0 Å². The van der Waals surface area contributed by atoms with E-state index in [-0.39, 0.29) is 30.3 Å². The van der Waals surface area contributed by atoms with Crippen molar-refractivity contribution in [2.75, 3.05) is 14.1 Å². The molecular formula is C21H21BrN4O3. The van der Waals surface area contributed by atoms with E-state index in [0.29, 0.717) is 23.0 Å². The highest BCUT2D eigenvalue weighted by Crippen LogP contribution is 2.14. The van der Waals surface area contributed by atoms with Crippen LogP contribution < -0.4 is 10.9 Å². The van der Waals surface area contributed by atoms with Crippen LogP contribution >= 0.6 is 15.9 Å². The molecule has 8 heteroatoms. The van der Waals surface area contributed by atoms with E-state index in [9.17, 15) is 14.4 Å². The Morgan fingerprint density at radius 2 is 1.86 bits per heavy atom. The summed E-state index contributed by atoms with van der Waals surface area (Å²) in [7, 11) is 3.40. The summed E-state index contributed by atoms with van der Waals surface area (Å²) < 4.78 is 2.24. The topological polar surface area (TPSA) is 84.3 Å². The Morgan fingerprint density at radius 3 is 2.55 bits per heavy atom. The van der Waals surface area contributed by atoms with E-state index in [1.807, 2.05) is 18.2 Å². The molecule has 1 N–H and O–H groups in total. The lowest BCUT2D eigenvalue weighted by molar-refractivity contribution is -0.121. The maximum Gasteiger partial charge on any atom is 0.261 e. The zero-order valence-electron chi connectivity index (χ0n) is 16.2. The molecule has 1 heterocycles. The molecule has 0 fully saturated rings. The summed E-state index contributed by atoms with van der Waals surface area (Å²) >= 11 is 3.35. The number of aromatic nitrogens is 2. The minimum absolute atomic E-state index is 0.0675. The van der Waals surface area contributed by atoms with Gasteiger partial charge in [-0.2, -0.15) is 0 Å². The SMILES string of the molecule is CN(C)C(=O)c1ccc(CNC(=O)CCn2cnc3ccc(Br)cc3c2=O)cc1. The predicted molar refractivity (Wildman–Crippen MR) is 115 cm³/mol. The van der Waals surface area contributed by atoms with E-state index in [1.165, 1.54) is 15.8 Å². The van der Waals surface area contributed by atoms with Gasteiger partial charge in [-0.1, -0.05) is 28.1 Å². The van der Waals surface area contributed by atoms with E-state index in [2.05, 4.69) is 26.2 Å². The van der Waals surface area contributed by atoms with Gasteiger partial charge in [0.05, 0.1) is 17.2 Å². The number of nitrogens with zero attached hydrogens (tertiary/aromatic N) is 3. The molecule has 7 nitrogen and oxygen atoms in total. The molecule has 0 saturated carbocycles. The molecule has 2 aromatic carbocycles. The van der Waals surface area contributed by atoms with Crippen LogP contribution in [0, 0.1) is 0 Å². The van der Waals surface area contributed by atoms with Crippen LogP contribution in [0.1, 0.15) is 22.3 Å². The summed E-state index contributed by atoms with van der Waals surface area (Å²) in [6, 6.07) is 12.4. The maximum absolute atomic E-state index is 12.5. The van der Waals surface area contributed by atoms with Crippen LogP contribution in [0.2, 0.25) is 0 Å². The number of amides is 2. The second kappa shape index (κ2) is 9.00. The van der Waals surface area contributed by atoms with Gasteiger partial charge in [-0.25, -0.2) is 4.98 Å². The molecule has 29 heavy (non-hydrogen) atoms. The Kier molecular flexibility index (Phi) is 6.43. The quantitative estimate of drug-likeness (QED) is 0.617. The van der Waals surface area contributed by atoms with Gasteiger partial charge in [0.25, 0.3) is 11.5 Å². The number of rotatable bonds is 6. The molecule has 0 spiro atoms. The van der Waals surface area contributed by atoms with Crippen LogP contribution in [0.25, 0.3) is 10.9 Å². The van der Waals surface area contributed by atoms with Gasteiger partial charge in [0.1, 0.15) is 0 Å². The van der Waals surface area contributed by atoms with Gasteiger partial charge in [-0.15, -0.1) is 0 Å². The fourth-order valence-corrected chi connectivity index (χ4v) is 3.19. The van der Waals surface area contributed by atoms with Crippen molar-refractivity contribution >= 4 is 38.6 Å². The highest BCUT2D eigenvalue weighted by Gasteiger charge is 2.09. The lowest BCUT2D eigenvalue weighted by atomic mass is 10.1. The largest absolute Gasteiger partial charge is 0.352 e. The average molecular weight is 457 g/mol. The molecule has 1 aromatic heterocycles. The van der Waals surface area contributed by atoms with Crippen LogP contribution in [0.4, 0.5) is 0 Å². The van der Waals surface area contributed by atoms with Gasteiger partial charge in [0.2, 0.25) is 5.91 Å². The van der Waals surface area contributed by atoms with Crippen LogP contribution in [-0.4, -0.2) is 40.4 Å². The molecule has 0 aliphatic heterocycles. The molecule has 0 radical (unpaired) electrons. The molecule has 0 atom stereocenters. The molecule has 0 aliphatic rings. The highest BCUT2D eigenvalue weighted by atomic mass is 79.9. The predicted octanol–water partition coefficient (Wildman–Crippen LogP) is 2.57. The van der Waals surface area contributed by atoms with Crippen LogP contribution in [0.3, 0.4) is 0 Å². The van der Waals surface area contributed by atoms with E-state index >= 15 is 0 Å². The summed E-state index contributed by atoms with van der Waals surface area (Å²) in [5, 5.41) is 3.34. The second-order valence-corrected chi connectivity index (χ2v) is 7.74. The number of benzene rings is 2. The number of hydrogen-bond donors (Lipinski definition) is 1. The van der Waals surface area contributed by atoms with E-state index < -0.39 is 0 Å². The molecule has 0 bridgehead atoms. The number of carbonyl (C=O) groups excluding carboxylic acids is 2. The molecule has 0 unspecified atom stereocenters. The smallest absolute Gasteiger partial charge is 0.261 e. The molecule has 3 rings (SSSR count). The van der Waals surface area contributed by atoms with Crippen LogP contribution in [0.15, 0.2) is 58.1 Å². The Hall–Kier alpha value is -3.00. The lowest BCUT2D eigenvalue weighted by Gasteiger charge is -2.11. The Labute approximate surface area is 176 Å². The van der Waals surface area contributed by atoms with E-state index in [4.69, 9.17) is 0 Å². The van der Waals surface area contributed by atoms with Crippen molar-refractivity contribution < 1.29 is 9.59 Å². The van der Waals surface area contributed by atoms with Crippen molar-refractivity contribution in [3.8, 4) is 0 Å². The zero-order valence-corrected chi connectivity index (χ0v) is 17.8. The summed E-state index contributed by atoms with van der Waals surface area (Å²) in [6.45, 7) is 0.601. The van der Waals surface area contributed by atoms with Crippen LogP contribution in [-0.2, 0) is 17.9 Å². The Balaban J connectivity index is 1.56. The van der Waals surface area contributed by atoms with Gasteiger partial charge >= 0.3 is 0 Å². The number of nitrogens with one attached hydrogen (secondary N) is 1. The number of aryl methyl sites for hydroxylation is 1. The van der Waals surface area contributed by atoms with Gasteiger partial charge in [0, 0.05) is 43.6 Å². The fraction of sp³-hybridized carbons (Fsp3) is 0.238. The average Bonchev–Trinajstić information content (AvgIpc) is 2.72. The van der Waals surface area contributed by atoms with Crippen LogP contribution in [0.5, 0.6) is 0 Å². The molecule has 3 aromatic rings. The number of fused-ring (bicyclic) bond motifs is 1. The van der Waals surface area contributed by atoms with Crippen molar-refractivity contribution in [1.82, 2.24) is 19.8 Å². The standard InChI is InChI=1S/C21H21BrN4O3/c1-25(2)20(28)15-5-3-14(4-6-15)12-23-19(27)9-10-26-13-24-18-8-7-16(22)11-17(18)21(26)29/h3-8,11,13H,9-10,12H2,1-2H3,(H,23,27). The highest BCUT2D eigenvalue weighted by molar-refractivity contribution is 9.10. The molecule has 2 amide bonds. The first-order valence-corrected chi connectivity index (χ1v) is 9.86. The van der Waals surface area contributed by atoms with E-state index in [0.717, 1.165) is 10.0 Å². The van der Waals surface area contributed by atoms with Gasteiger partial charge in [-0.05, 0) is 35.9 Å². The molecule has 150 valence electrons. The summed E-state index contributed by atoms with van der Waals surface area (Å²) in [6.07, 6.45) is 1.63. The van der Waals surface area contributed by atoms with Crippen molar-refractivity contribution in [3.05, 3.63) is 74.7 Å². The second-order valence-electron chi connectivity index (χ2n) is 6.83.